The van der Waals surface area contributed by atoms with Crippen LogP contribution in [0, 0.1) is 0 Å². The summed E-state index contributed by atoms with van der Waals surface area (Å²) < 4.78 is 37.6. The van der Waals surface area contributed by atoms with Gasteiger partial charge < -0.3 is 19.5 Å². The van der Waals surface area contributed by atoms with Crippen LogP contribution in [0.15, 0.2) is 71.3 Å². The van der Waals surface area contributed by atoms with Gasteiger partial charge in [-0.25, -0.2) is 8.42 Å². The minimum Gasteiger partial charge on any atom is -0.508 e. The zero-order valence-electron chi connectivity index (χ0n) is 19.4. The topological polar surface area (TPSA) is 93.1 Å². The smallest absolute Gasteiger partial charge is 0.456 e. The predicted octanol–water partition coefficient (Wildman–Crippen LogP) is 4.41. The maximum absolute atomic E-state index is 12.9. The van der Waals surface area contributed by atoms with Gasteiger partial charge in [-0.2, -0.15) is 0 Å². The number of hydrogen-bond donors (Lipinski definition) is 2. The number of phenols is 1. The Morgan fingerprint density at radius 1 is 1.15 bits per heavy atom. The van der Waals surface area contributed by atoms with Gasteiger partial charge >= 0.3 is 7.12 Å². The summed E-state index contributed by atoms with van der Waals surface area (Å²) >= 11 is 0. The summed E-state index contributed by atoms with van der Waals surface area (Å²) in [5.41, 5.74) is 3.73. The Balaban J connectivity index is 1.55. The molecule has 2 aliphatic heterocycles. The molecule has 2 heterocycles. The fourth-order valence-corrected chi connectivity index (χ4v) is 6.91. The molecule has 2 atom stereocenters. The summed E-state index contributed by atoms with van der Waals surface area (Å²) in [5, 5.41) is 19.1. The summed E-state index contributed by atoms with van der Waals surface area (Å²) in [7, 11) is -4.50. The van der Waals surface area contributed by atoms with Crippen molar-refractivity contribution >= 4 is 23.0 Å². The molecular weight excluding hydrogens is 451 g/mol. The molecule has 2 aromatic rings. The van der Waals surface area contributed by atoms with Crippen LogP contribution >= 0.6 is 0 Å². The lowest BCUT2D eigenvalue weighted by Gasteiger charge is -2.32. The number of rotatable bonds is 9. The number of sulfone groups is 1. The van der Waals surface area contributed by atoms with Crippen LogP contribution < -0.4 is 4.74 Å². The summed E-state index contributed by atoms with van der Waals surface area (Å²) in [6, 6.07) is 16.4. The normalized spacial score (nSPS) is 22.1. The number of hydrogen-bond acceptors (Lipinski definition) is 6. The Hall–Kier alpha value is -2.55. The number of aromatic hydroxyl groups is 1. The minimum atomic E-state index is -3.40. The van der Waals surface area contributed by atoms with E-state index in [0.717, 1.165) is 36.0 Å². The lowest BCUT2D eigenvalue weighted by molar-refractivity contribution is 0.168. The highest BCUT2D eigenvalue weighted by Gasteiger charge is 2.48. The molecule has 0 saturated carbocycles. The van der Waals surface area contributed by atoms with Gasteiger partial charge in [-0.1, -0.05) is 55.3 Å². The number of fused-ring (bicyclic) bond motifs is 1. The average molecular weight is 482 g/mol. The second kappa shape index (κ2) is 10.8. The van der Waals surface area contributed by atoms with Crippen LogP contribution in [0.1, 0.15) is 38.2 Å². The van der Waals surface area contributed by atoms with Crippen LogP contribution in [-0.4, -0.2) is 49.4 Å². The first-order valence-electron chi connectivity index (χ1n) is 11.8. The van der Waals surface area contributed by atoms with Gasteiger partial charge in [0.1, 0.15) is 18.1 Å². The number of phenolic OH excluding ortho intramolecular Hbond substituents is 1. The van der Waals surface area contributed by atoms with Gasteiger partial charge in [-0.15, -0.1) is 0 Å². The molecule has 180 valence electrons. The molecule has 2 N–H and O–H groups in total. The lowest BCUT2D eigenvalue weighted by atomic mass is 9.74. The fourth-order valence-electron chi connectivity index (χ4n) is 4.81. The van der Waals surface area contributed by atoms with E-state index >= 15 is 0 Å². The molecule has 1 saturated heterocycles. The van der Waals surface area contributed by atoms with Gasteiger partial charge in [0.25, 0.3) is 0 Å². The van der Waals surface area contributed by atoms with E-state index in [1.807, 2.05) is 42.5 Å². The highest BCUT2D eigenvalue weighted by molar-refractivity contribution is 7.92. The molecule has 34 heavy (non-hydrogen) atoms. The van der Waals surface area contributed by atoms with Crippen molar-refractivity contribution in [1.82, 2.24) is 0 Å². The molecule has 0 unspecified atom stereocenters. The molecule has 8 heteroatoms. The highest BCUT2D eigenvalue weighted by atomic mass is 32.2. The van der Waals surface area contributed by atoms with Gasteiger partial charge in [-0.05, 0) is 60.2 Å². The quantitative estimate of drug-likeness (QED) is 0.407. The fraction of sp³-hybridized carbons (Fsp3) is 0.385. The molecule has 2 aromatic carbocycles. The van der Waals surface area contributed by atoms with E-state index in [4.69, 9.17) is 9.39 Å². The third-order valence-corrected chi connectivity index (χ3v) is 8.43. The van der Waals surface area contributed by atoms with Crippen molar-refractivity contribution in [1.29, 1.82) is 0 Å². The SMILES string of the molecule is CCC/C(=C\c1ccc(O)cc1)CC[C@H]1OB(O)C[C@H]2C1=C(COc1ccccc1)CS2(=O)=O. The number of ether oxygens (including phenoxy) is 1. The van der Waals surface area contributed by atoms with Gasteiger partial charge in [0.05, 0.1) is 17.1 Å². The van der Waals surface area contributed by atoms with Crippen molar-refractivity contribution in [3.8, 4) is 11.5 Å². The zero-order chi connectivity index (χ0) is 24.1. The molecule has 0 radical (unpaired) electrons. The molecule has 0 bridgehead atoms. The van der Waals surface area contributed by atoms with Crippen molar-refractivity contribution in [3.63, 3.8) is 0 Å². The van der Waals surface area contributed by atoms with Gasteiger partial charge in [0, 0.05) is 6.32 Å². The monoisotopic (exact) mass is 482 g/mol. The first-order valence-corrected chi connectivity index (χ1v) is 13.5. The molecule has 0 aliphatic carbocycles. The third kappa shape index (κ3) is 5.92. The van der Waals surface area contributed by atoms with Gasteiger partial charge in [-0.3, -0.25) is 0 Å². The van der Waals surface area contributed by atoms with E-state index in [1.165, 1.54) is 5.57 Å². The van der Waals surface area contributed by atoms with Crippen LogP contribution in [0.3, 0.4) is 0 Å². The molecular formula is C26H31BO6S. The molecule has 0 aromatic heterocycles. The standard InChI is InChI=1S/C26H31BO6S/c1-2-6-19(15-20-9-12-22(28)13-10-20)11-14-24-26-21(17-32-23-7-4-3-5-8-23)18-34(30,31)25(26)16-27(29)33-24/h3-5,7-10,12-13,15,24-25,28-29H,2,6,11,14,16-18H2,1H3/b19-15+/t24-,25+/m1/s1. The second-order valence-electron chi connectivity index (χ2n) is 8.95. The third-order valence-electron chi connectivity index (χ3n) is 6.37. The van der Waals surface area contributed by atoms with Gasteiger partial charge in [0.2, 0.25) is 0 Å². The predicted molar refractivity (Wildman–Crippen MR) is 134 cm³/mol. The Bertz CT molecular complexity index is 1140. The summed E-state index contributed by atoms with van der Waals surface area (Å²) in [5.74, 6) is 0.855. The summed E-state index contributed by atoms with van der Waals surface area (Å²) in [4.78, 5) is 0. The van der Waals surface area contributed by atoms with Crippen LogP contribution in [0.4, 0.5) is 0 Å². The second-order valence-corrected chi connectivity index (χ2v) is 11.1. The average Bonchev–Trinajstić information content (AvgIpc) is 3.08. The van der Waals surface area contributed by atoms with Crippen molar-refractivity contribution in [2.24, 2.45) is 0 Å². The van der Waals surface area contributed by atoms with E-state index in [1.54, 1.807) is 12.1 Å². The molecule has 2 aliphatic rings. The lowest BCUT2D eigenvalue weighted by Crippen LogP contribution is -2.42. The molecule has 1 fully saturated rings. The van der Waals surface area contributed by atoms with Crippen LogP contribution in [0.25, 0.3) is 6.08 Å². The summed E-state index contributed by atoms with van der Waals surface area (Å²) in [6.45, 7) is 2.31. The Labute approximate surface area is 202 Å². The first-order chi connectivity index (χ1) is 16.4. The van der Waals surface area contributed by atoms with E-state index in [0.29, 0.717) is 12.2 Å². The maximum atomic E-state index is 12.9. The van der Waals surface area contributed by atoms with Crippen molar-refractivity contribution < 1.29 is 27.9 Å². The largest absolute Gasteiger partial charge is 0.508 e. The van der Waals surface area contributed by atoms with Crippen molar-refractivity contribution in [3.05, 3.63) is 76.9 Å². The van der Waals surface area contributed by atoms with E-state index in [-0.39, 0.29) is 24.4 Å². The van der Waals surface area contributed by atoms with Crippen molar-refractivity contribution in [2.75, 3.05) is 12.4 Å². The summed E-state index contributed by atoms with van der Waals surface area (Å²) in [6.07, 6.45) is 4.88. The minimum absolute atomic E-state index is 0.0580. The van der Waals surface area contributed by atoms with E-state index in [2.05, 4.69) is 13.0 Å². The van der Waals surface area contributed by atoms with E-state index < -0.39 is 28.3 Å². The van der Waals surface area contributed by atoms with Crippen LogP contribution in [0.5, 0.6) is 11.5 Å². The Kier molecular flexibility index (Phi) is 7.81. The van der Waals surface area contributed by atoms with E-state index in [9.17, 15) is 18.5 Å². The van der Waals surface area contributed by atoms with Crippen molar-refractivity contribution in [2.45, 2.75) is 50.3 Å². The Morgan fingerprint density at radius 2 is 1.88 bits per heavy atom. The number of allylic oxidation sites excluding steroid dienone is 1. The maximum Gasteiger partial charge on any atom is 0.456 e. The van der Waals surface area contributed by atoms with Crippen LogP contribution in [-0.2, 0) is 14.5 Å². The number of benzene rings is 2. The zero-order valence-corrected chi connectivity index (χ0v) is 20.2. The molecule has 6 nitrogen and oxygen atoms in total. The first kappa shape index (κ1) is 24.6. The van der Waals surface area contributed by atoms with Gasteiger partial charge in [0.15, 0.2) is 9.84 Å². The highest BCUT2D eigenvalue weighted by Crippen LogP contribution is 2.40. The molecule has 4 rings (SSSR count). The van der Waals surface area contributed by atoms with Crippen LogP contribution in [0.2, 0.25) is 6.32 Å². The molecule has 0 spiro atoms. The Morgan fingerprint density at radius 3 is 2.59 bits per heavy atom. The molecule has 0 amide bonds. The number of para-hydroxylation sites is 1.